The lowest BCUT2D eigenvalue weighted by Crippen LogP contribution is -2.25. The first kappa shape index (κ1) is 67.9. The fourth-order valence-corrected chi connectivity index (χ4v) is 7.02. The van der Waals surface area contributed by atoms with E-state index in [1.807, 2.05) is 44.7 Å². The number of phenols is 2. The summed E-state index contributed by atoms with van der Waals surface area (Å²) in [4.78, 5) is 72.3. The number of hydrogen-bond acceptors (Lipinski definition) is 20. The monoisotopic (exact) mass is 1200 g/mol. The molecule has 0 radical (unpaired) electrons. The number of halogens is 3. The number of nitrogens with one attached hydrogen (secondary N) is 2. The predicted octanol–water partition coefficient (Wildman–Crippen LogP) is 7.55. The number of fused-ring (bicyclic) bond motifs is 2. The number of carbonyl (C=O) groups excluding carboxylic acids is 3. The summed E-state index contributed by atoms with van der Waals surface area (Å²) in [7, 11) is 5.63. The van der Waals surface area contributed by atoms with Crippen LogP contribution in [0.25, 0.3) is 32.9 Å². The van der Waals surface area contributed by atoms with E-state index in [1.165, 1.54) is 92.5 Å². The highest BCUT2D eigenvalue weighted by Crippen LogP contribution is 2.31. The quantitative estimate of drug-likeness (QED) is 0.0192. The van der Waals surface area contributed by atoms with E-state index in [1.54, 1.807) is 54.6 Å². The molecule has 87 heavy (non-hydrogen) atoms. The number of esters is 1. The molecule has 28 nitrogen and oxygen atoms in total. The van der Waals surface area contributed by atoms with Gasteiger partial charge in [0.1, 0.15) is 51.3 Å². The van der Waals surface area contributed by atoms with Crippen molar-refractivity contribution in [3.63, 3.8) is 0 Å². The Labute approximate surface area is 490 Å². The second-order valence-corrected chi connectivity index (χ2v) is 18.1. The van der Waals surface area contributed by atoms with Crippen molar-refractivity contribution >= 4 is 62.6 Å². The van der Waals surface area contributed by atoms with E-state index >= 15 is 0 Å². The highest BCUT2D eigenvalue weighted by atomic mass is 19.4. The molecule has 0 aliphatic rings. The van der Waals surface area contributed by atoms with Crippen LogP contribution in [0.2, 0.25) is 0 Å². The zero-order valence-corrected chi connectivity index (χ0v) is 46.8. The first-order valence-electron chi connectivity index (χ1n) is 24.4. The summed E-state index contributed by atoms with van der Waals surface area (Å²) in [6.07, 6.45) is 4.77. The van der Waals surface area contributed by atoms with Crippen molar-refractivity contribution in [1.29, 1.82) is 11.1 Å². The first-order valence-corrected chi connectivity index (χ1v) is 24.4. The van der Waals surface area contributed by atoms with Crippen molar-refractivity contribution in [2.45, 2.75) is 44.8 Å². The average Bonchev–Trinajstić information content (AvgIpc) is 3.43. The molecule has 450 valence electrons. The molecule has 0 fully saturated rings. The average molecular weight is 1200 g/mol. The smallest absolute Gasteiger partial charge is 0.490 e. The van der Waals surface area contributed by atoms with Crippen LogP contribution in [0.15, 0.2) is 132 Å². The van der Waals surface area contributed by atoms with Gasteiger partial charge in [0.15, 0.2) is 27.7 Å². The number of alkyl halides is 3. The summed E-state index contributed by atoms with van der Waals surface area (Å²) in [5, 5.41) is 83.4. The van der Waals surface area contributed by atoms with Gasteiger partial charge in [0.2, 0.25) is 9.82 Å². The van der Waals surface area contributed by atoms with Crippen LogP contribution >= 0.6 is 0 Å². The van der Waals surface area contributed by atoms with Crippen LogP contribution in [0.1, 0.15) is 79.7 Å². The molecule has 0 bridgehead atoms. The molecule has 2 aromatic heterocycles. The topological polar surface area (TPSA) is 403 Å². The van der Waals surface area contributed by atoms with Gasteiger partial charge < -0.3 is 35.4 Å². The minimum atomic E-state index is -5.08. The number of aromatic hydroxyl groups is 2. The molecule has 6 aromatic carbocycles. The summed E-state index contributed by atoms with van der Waals surface area (Å²) in [6, 6.07) is 29.1. The van der Waals surface area contributed by atoms with Crippen LogP contribution in [0.5, 0.6) is 11.5 Å². The number of hydroxylamine groups is 4. The molecule has 8 rings (SSSR count). The standard InChI is InChI=1S/C25H21N7O6.C15H16N3O2.C9H10N4O3.C5H4O.C2HF3O2/c1-30(38-2)24(35)14-9-10-22(33)21(11-14)32-13-19(27-29-32)23(34)18-12-31(28-26-18)20-8-4-5-15-16(20)6-3-7-17(15)25(36)37;1-15(2,3)20-14(19)12-8-4-7-11-10(12)6-5-9-13(11)17-18-16;1-13(16-2)9(15)6-3-4-8(14)7(5-6)11-12-10;1-3-5(6)4-2;3-2(4,5)1(6)7/h3-13,23,33-34H,1-2H3,(H,36,37);4-9,16H,1-3H3;3-5,10H,1-2H3;1-2,5-6H;(H,6,7)/q;+1;;;/p+1. The van der Waals surface area contributed by atoms with Crippen molar-refractivity contribution in [3.8, 4) is 47.6 Å². The van der Waals surface area contributed by atoms with Gasteiger partial charge in [0.05, 0.1) is 43.4 Å². The van der Waals surface area contributed by atoms with Gasteiger partial charge in [-0.25, -0.2) is 33.9 Å². The number of aliphatic carboxylic acids is 1. The number of aliphatic hydroxyl groups excluding tert-OH is 2. The second kappa shape index (κ2) is 30.7. The molecule has 31 heteroatoms. The summed E-state index contributed by atoms with van der Waals surface area (Å²) in [5.74, 6) is -1.43. The van der Waals surface area contributed by atoms with Gasteiger partial charge in [-0.05, 0) is 92.2 Å². The molecule has 2 heterocycles. The molecular weight excluding hydrogens is 1150 g/mol. The number of hydrogen-bond donors (Lipinski definition) is 8. The van der Waals surface area contributed by atoms with Crippen molar-refractivity contribution in [2.24, 2.45) is 10.2 Å². The van der Waals surface area contributed by atoms with Crippen LogP contribution in [0, 0.1) is 35.7 Å². The highest BCUT2D eigenvalue weighted by molar-refractivity contribution is 6.08. The van der Waals surface area contributed by atoms with Gasteiger partial charge in [-0.1, -0.05) is 70.8 Å². The van der Waals surface area contributed by atoms with Gasteiger partial charge in [-0.3, -0.25) is 19.3 Å². The summed E-state index contributed by atoms with van der Waals surface area (Å²) in [6.45, 7) is 5.49. The Morgan fingerprint density at radius 2 is 1.09 bits per heavy atom. The zero-order chi connectivity index (χ0) is 64.9. The SMILES string of the molecule is C#CC(O)C#C.CC(C)(C)OC(=O)c1cccc2c(N=[N+]=N)cccc12.CON(C)C(=O)c1ccc(O)c(-n2cc(C(O)c3cn(-c4cccc5c(C(=O)O)cccc45)nn3)nn2)c1.CON(C)C(=O)c1ccc(O)c(N=[N+]=N)c1.O=C(O)C(F)(F)F. The van der Waals surface area contributed by atoms with Crippen LogP contribution in [0.3, 0.4) is 0 Å². The minimum Gasteiger partial charge on any atom is -0.506 e. The number of benzene rings is 6. The van der Waals surface area contributed by atoms with E-state index in [9.17, 15) is 52.8 Å². The lowest BCUT2D eigenvalue weighted by Gasteiger charge is -2.20. The maximum atomic E-state index is 12.4. The number of nitrogens with zero attached hydrogens (tertiary/aromatic N) is 12. The zero-order valence-electron chi connectivity index (χ0n) is 46.8. The van der Waals surface area contributed by atoms with E-state index in [4.69, 9.17) is 40.5 Å². The number of terminal acetylenes is 2. The largest absolute Gasteiger partial charge is 0.506 e. The Kier molecular flexibility index (Phi) is 23.9. The number of aromatic nitrogens is 6. The number of aromatic carboxylic acids is 1. The molecular formula is C56H53F3N14O14+2. The van der Waals surface area contributed by atoms with E-state index < -0.39 is 41.8 Å². The van der Waals surface area contributed by atoms with Crippen LogP contribution in [0.4, 0.5) is 24.5 Å². The number of carbonyl (C=O) groups is 5. The Morgan fingerprint density at radius 1 is 0.644 bits per heavy atom. The van der Waals surface area contributed by atoms with E-state index in [2.05, 4.69) is 53.5 Å². The third-order valence-electron chi connectivity index (χ3n) is 11.2. The molecule has 0 saturated carbocycles. The number of amides is 2. The van der Waals surface area contributed by atoms with Crippen molar-refractivity contribution in [3.05, 3.63) is 155 Å². The van der Waals surface area contributed by atoms with Gasteiger partial charge in [0, 0.05) is 36.0 Å². The highest BCUT2D eigenvalue weighted by Gasteiger charge is 2.38. The van der Waals surface area contributed by atoms with Gasteiger partial charge >= 0.3 is 24.1 Å². The molecule has 0 aliphatic heterocycles. The molecule has 0 saturated heterocycles. The number of aliphatic hydroxyl groups is 2. The van der Waals surface area contributed by atoms with Gasteiger partial charge in [-0.15, -0.1) is 23.0 Å². The maximum Gasteiger partial charge on any atom is 0.490 e. The number of phenolic OH excluding ortho intramolecular Hbond substituents is 2. The number of ether oxygens (including phenoxy) is 1. The van der Waals surface area contributed by atoms with Crippen LogP contribution in [-0.2, 0) is 19.2 Å². The predicted molar refractivity (Wildman–Crippen MR) is 300 cm³/mol. The van der Waals surface area contributed by atoms with E-state index in [-0.39, 0.29) is 62.8 Å². The maximum absolute atomic E-state index is 12.4. The van der Waals surface area contributed by atoms with E-state index in [0.29, 0.717) is 27.7 Å². The molecule has 1 atom stereocenters. The number of carboxylic acids is 2. The molecule has 2 amide bonds. The van der Waals surface area contributed by atoms with Gasteiger partial charge in [-0.2, -0.15) is 13.2 Å². The van der Waals surface area contributed by atoms with Crippen molar-refractivity contribution in [2.75, 3.05) is 28.3 Å². The third kappa shape index (κ3) is 18.5. The molecule has 1 unspecified atom stereocenters. The Morgan fingerprint density at radius 3 is 1.57 bits per heavy atom. The number of carboxylic acid groups (broad SMARTS) is 2. The summed E-state index contributed by atoms with van der Waals surface area (Å²) >= 11 is 0. The molecule has 0 spiro atoms. The fourth-order valence-electron chi connectivity index (χ4n) is 7.02. The lowest BCUT2D eigenvalue weighted by molar-refractivity contribution is -0.192. The normalized spacial score (nSPS) is 10.8. The van der Waals surface area contributed by atoms with Crippen molar-refractivity contribution in [1.82, 2.24) is 49.9 Å². The lowest BCUT2D eigenvalue weighted by atomic mass is 10.0. The Hall–Kier alpha value is -11.6. The minimum absolute atomic E-state index is 0.0605. The first-order chi connectivity index (χ1) is 41.0. The van der Waals surface area contributed by atoms with Crippen LogP contribution < -0.4 is 9.82 Å². The van der Waals surface area contributed by atoms with Crippen molar-refractivity contribution < 1.29 is 82.2 Å². The Bertz CT molecular complexity index is 4000. The molecule has 8 aromatic rings. The number of rotatable bonds is 12. The molecule has 0 aliphatic carbocycles. The summed E-state index contributed by atoms with van der Waals surface area (Å²) < 4.78 is 39.8. The fraction of sp³-hybridized carbons (Fsp3) is 0.196. The van der Waals surface area contributed by atoms with E-state index in [0.717, 1.165) is 20.9 Å². The van der Waals surface area contributed by atoms with Gasteiger partial charge in [0.25, 0.3) is 11.8 Å². The Balaban J connectivity index is 0.000000276. The summed E-state index contributed by atoms with van der Waals surface area (Å²) in [5.41, 5.74) is 15.7. The van der Waals surface area contributed by atoms with Crippen LogP contribution in [-0.4, -0.2) is 147 Å². The second-order valence-electron chi connectivity index (χ2n) is 18.1. The molecule has 8 N–H and O–H groups in total. The third-order valence-corrected chi connectivity index (χ3v) is 11.2.